The van der Waals surface area contributed by atoms with Gasteiger partial charge >= 0.3 is 0 Å². The monoisotopic (exact) mass is 484 g/mol. The van der Waals surface area contributed by atoms with E-state index in [1.54, 1.807) is 0 Å². The fourth-order valence-corrected chi connectivity index (χ4v) is 11.6. The van der Waals surface area contributed by atoms with Crippen molar-refractivity contribution in [1.29, 1.82) is 0 Å². The molecule has 2 aromatic rings. The van der Waals surface area contributed by atoms with Crippen LogP contribution in [0, 0.1) is 0 Å². The van der Waals surface area contributed by atoms with Gasteiger partial charge in [-0.3, -0.25) is 9.59 Å². The molecule has 0 bridgehead atoms. The van der Waals surface area contributed by atoms with E-state index in [2.05, 4.69) is 36.8 Å². The number of amides is 2. The summed E-state index contributed by atoms with van der Waals surface area (Å²) in [5.74, 6) is -0.139. The van der Waals surface area contributed by atoms with Crippen molar-refractivity contribution in [2.24, 2.45) is 0 Å². The van der Waals surface area contributed by atoms with Gasteiger partial charge < -0.3 is 14.7 Å². The molecule has 33 heavy (non-hydrogen) atoms. The molecule has 0 aromatic heterocycles. The molecule has 0 saturated heterocycles. The molecule has 0 heterocycles. The van der Waals surface area contributed by atoms with E-state index < -0.39 is 16.6 Å². The van der Waals surface area contributed by atoms with Gasteiger partial charge in [0.15, 0.2) is 0 Å². The van der Waals surface area contributed by atoms with E-state index in [1.807, 2.05) is 90.1 Å². The molecule has 0 aliphatic rings. The van der Waals surface area contributed by atoms with Crippen molar-refractivity contribution in [1.82, 2.24) is 10.6 Å². The first-order chi connectivity index (χ1) is 14.9. The van der Waals surface area contributed by atoms with Gasteiger partial charge in [0.25, 0.3) is 11.8 Å². The highest BCUT2D eigenvalue weighted by Gasteiger charge is 2.36. The molecule has 0 fully saturated rings. The molecule has 2 amide bonds. The highest BCUT2D eigenvalue weighted by molar-refractivity contribution is 6.96. The summed E-state index contributed by atoms with van der Waals surface area (Å²) in [6.45, 7) is 20.6. The maximum Gasteiger partial charge on any atom is 0.251 e. The Morgan fingerprint density at radius 3 is 1.12 bits per heavy atom. The summed E-state index contributed by atoms with van der Waals surface area (Å²) in [6.07, 6.45) is 0. The third-order valence-electron chi connectivity index (χ3n) is 5.17. The average Bonchev–Trinajstić information content (AvgIpc) is 2.65. The summed E-state index contributed by atoms with van der Waals surface area (Å²) in [4.78, 5) is 24.9. The smallest absolute Gasteiger partial charge is 0.251 e. The van der Waals surface area contributed by atoms with E-state index in [4.69, 9.17) is 4.12 Å². The number of benzene rings is 2. The van der Waals surface area contributed by atoms with Crippen molar-refractivity contribution in [3.8, 4) is 0 Å². The van der Waals surface area contributed by atoms with Crippen LogP contribution in [0.25, 0.3) is 0 Å². The maximum atomic E-state index is 12.4. The predicted molar refractivity (Wildman–Crippen MR) is 143 cm³/mol. The summed E-state index contributed by atoms with van der Waals surface area (Å²) in [5.41, 5.74) is 0.759. The van der Waals surface area contributed by atoms with Crippen LogP contribution < -0.4 is 21.0 Å². The van der Waals surface area contributed by atoms with Gasteiger partial charge in [0.1, 0.15) is 0 Å². The van der Waals surface area contributed by atoms with Gasteiger partial charge in [-0.25, -0.2) is 0 Å². The third-order valence-corrected chi connectivity index (χ3v) is 12.7. The van der Waals surface area contributed by atoms with Crippen LogP contribution in [0.5, 0.6) is 0 Å². The van der Waals surface area contributed by atoms with Gasteiger partial charge in [0.05, 0.1) is 0 Å². The fourth-order valence-electron chi connectivity index (χ4n) is 3.63. The topological polar surface area (TPSA) is 67.4 Å². The summed E-state index contributed by atoms with van der Waals surface area (Å²) in [5, 5.41) is 8.29. The van der Waals surface area contributed by atoms with E-state index in [1.165, 1.54) is 0 Å². The normalized spacial score (nSPS) is 12.9. The first-order valence-corrected chi connectivity index (χ1v) is 17.3. The van der Waals surface area contributed by atoms with Crippen LogP contribution in [0.4, 0.5) is 0 Å². The van der Waals surface area contributed by atoms with Gasteiger partial charge in [0.2, 0.25) is 16.6 Å². The molecule has 0 aliphatic carbocycles. The molecule has 0 atom stereocenters. The lowest BCUT2D eigenvalue weighted by Gasteiger charge is -2.34. The SMILES string of the molecule is CC(C)(C)NC(=O)c1ccc([Si](C)(C)O[Si](C)(C)c2ccc(C(=O)NC(C)(C)C)cc2)cc1. The molecule has 0 radical (unpaired) electrons. The van der Waals surface area contributed by atoms with Crippen molar-refractivity contribution >= 4 is 38.8 Å². The predicted octanol–water partition coefficient (Wildman–Crippen LogP) is 4.28. The molecular formula is C26H40N2O3Si2. The van der Waals surface area contributed by atoms with Crippen LogP contribution in [0.1, 0.15) is 62.3 Å². The minimum Gasteiger partial charge on any atom is -0.449 e. The van der Waals surface area contributed by atoms with E-state index >= 15 is 0 Å². The van der Waals surface area contributed by atoms with Crippen LogP contribution >= 0.6 is 0 Å². The van der Waals surface area contributed by atoms with Gasteiger partial charge in [0, 0.05) is 22.2 Å². The Morgan fingerprint density at radius 2 is 0.879 bits per heavy atom. The van der Waals surface area contributed by atoms with Crippen molar-refractivity contribution in [3.63, 3.8) is 0 Å². The first-order valence-electron chi connectivity index (χ1n) is 11.5. The van der Waals surface area contributed by atoms with Gasteiger partial charge in [-0.05, 0) is 102 Å². The van der Waals surface area contributed by atoms with Gasteiger partial charge in [-0.1, -0.05) is 24.3 Å². The Balaban J connectivity index is 2.16. The molecule has 0 aliphatic heterocycles. The van der Waals surface area contributed by atoms with E-state index in [0.717, 1.165) is 10.4 Å². The molecule has 0 spiro atoms. The molecular weight excluding hydrogens is 444 g/mol. The van der Waals surface area contributed by atoms with Crippen LogP contribution in [-0.2, 0) is 4.12 Å². The van der Waals surface area contributed by atoms with Crippen molar-refractivity contribution in [2.45, 2.75) is 78.8 Å². The second kappa shape index (κ2) is 9.56. The molecule has 0 unspecified atom stereocenters. The molecule has 2 aromatic carbocycles. The Hall–Kier alpha value is -2.23. The highest BCUT2D eigenvalue weighted by atomic mass is 28.4. The lowest BCUT2D eigenvalue weighted by atomic mass is 10.1. The zero-order valence-corrected chi connectivity index (χ0v) is 23.8. The summed E-state index contributed by atoms with van der Waals surface area (Å²) < 4.78 is 6.84. The number of carbonyl (C=O) groups is 2. The standard InChI is InChI=1S/C26H40N2O3Si2/c1-25(2,3)27-23(29)19-11-15-21(16-12-19)32(7,8)31-33(9,10)22-17-13-20(14-18-22)24(30)28-26(4,5)6/h11-18H,1-10H3,(H,27,29)(H,28,30). The lowest BCUT2D eigenvalue weighted by Crippen LogP contribution is -2.57. The van der Waals surface area contributed by atoms with Crippen LogP contribution in [0.3, 0.4) is 0 Å². The number of hydrogen-bond acceptors (Lipinski definition) is 3. The number of carbonyl (C=O) groups excluding carboxylic acids is 2. The minimum atomic E-state index is -2.22. The van der Waals surface area contributed by atoms with Crippen LogP contribution in [0.2, 0.25) is 26.2 Å². The third kappa shape index (κ3) is 7.94. The van der Waals surface area contributed by atoms with Gasteiger partial charge in [-0.15, -0.1) is 0 Å². The Labute approximate surface area is 201 Å². The zero-order valence-electron chi connectivity index (χ0n) is 21.8. The first kappa shape index (κ1) is 27.0. The summed E-state index contributed by atoms with van der Waals surface area (Å²) in [7, 11) is -4.44. The summed E-state index contributed by atoms with van der Waals surface area (Å²) >= 11 is 0. The second-order valence-corrected chi connectivity index (χ2v) is 19.7. The Bertz CT molecular complexity index is 903. The van der Waals surface area contributed by atoms with E-state index in [0.29, 0.717) is 11.1 Å². The molecule has 180 valence electrons. The maximum absolute atomic E-state index is 12.4. The Kier molecular flexibility index (Phi) is 7.83. The quantitative estimate of drug-likeness (QED) is 0.601. The van der Waals surface area contributed by atoms with Gasteiger partial charge in [-0.2, -0.15) is 0 Å². The zero-order chi connectivity index (χ0) is 25.2. The van der Waals surface area contributed by atoms with Crippen LogP contribution in [0.15, 0.2) is 48.5 Å². The molecule has 5 nitrogen and oxygen atoms in total. The van der Waals surface area contributed by atoms with E-state index in [9.17, 15) is 9.59 Å². The number of hydrogen-bond donors (Lipinski definition) is 2. The molecule has 0 saturated carbocycles. The molecule has 7 heteroatoms. The largest absolute Gasteiger partial charge is 0.449 e. The summed E-state index contributed by atoms with van der Waals surface area (Å²) in [6, 6.07) is 15.6. The van der Waals surface area contributed by atoms with Crippen molar-refractivity contribution < 1.29 is 13.7 Å². The second-order valence-electron chi connectivity index (χ2n) is 11.7. The molecule has 2 N–H and O–H groups in total. The highest BCUT2D eigenvalue weighted by Crippen LogP contribution is 2.17. The van der Waals surface area contributed by atoms with Crippen molar-refractivity contribution in [2.75, 3.05) is 0 Å². The number of rotatable bonds is 6. The minimum absolute atomic E-state index is 0.0697. The van der Waals surface area contributed by atoms with Crippen LogP contribution in [-0.4, -0.2) is 39.5 Å². The van der Waals surface area contributed by atoms with E-state index in [-0.39, 0.29) is 22.9 Å². The molecule has 2 rings (SSSR count). The van der Waals surface area contributed by atoms with Crippen molar-refractivity contribution in [3.05, 3.63) is 59.7 Å². The average molecular weight is 485 g/mol. The Morgan fingerprint density at radius 1 is 0.606 bits per heavy atom. The number of nitrogens with one attached hydrogen (secondary N) is 2. The lowest BCUT2D eigenvalue weighted by molar-refractivity contribution is 0.0910. The fraction of sp³-hybridized carbons (Fsp3) is 0.462.